The lowest BCUT2D eigenvalue weighted by molar-refractivity contribution is -0.683. The number of rotatable bonds is 21. The second-order valence-corrected chi connectivity index (χ2v) is 11.4. The topological polar surface area (TPSA) is 51.4 Å². The first-order valence-corrected chi connectivity index (χ1v) is 16.3. The number of hydrogen-bond donors (Lipinski definition) is 1. The van der Waals surface area contributed by atoms with Gasteiger partial charge in [-0.25, -0.2) is 0 Å². The highest BCUT2D eigenvalue weighted by Gasteiger charge is 2.15. The summed E-state index contributed by atoms with van der Waals surface area (Å²) in [5.74, 6) is 1.06. The van der Waals surface area contributed by atoms with Crippen molar-refractivity contribution in [3.05, 3.63) is 70.7 Å². The first-order chi connectivity index (χ1) is 19.7. The zero-order chi connectivity index (χ0) is 28.3. The second kappa shape index (κ2) is 21.3. The van der Waals surface area contributed by atoms with E-state index >= 15 is 0 Å². The molecule has 3 aromatic rings. The van der Waals surface area contributed by atoms with Crippen molar-refractivity contribution in [2.45, 2.75) is 103 Å². The minimum Gasteiger partial charge on any atom is -1.00 e. The Balaban J connectivity index is 0.00000588. The Labute approximate surface area is 262 Å². The number of thiazole rings is 1. The Bertz CT molecular complexity index is 1090. The van der Waals surface area contributed by atoms with E-state index < -0.39 is 0 Å². The van der Waals surface area contributed by atoms with Gasteiger partial charge in [0.2, 0.25) is 5.51 Å². The number of nitrogens with zero attached hydrogens (tertiary/aromatic N) is 1. The number of hydrogen-bond acceptors (Lipinski definition) is 4. The second-order valence-electron chi connectivity index (χ2n) is 10.6. The molecular weight excluding hydrogens is 596 g/mol. The molecule has 5 nitrogen and oxygen atoms in total. The highest BCUT2D eigenvalue weighted by Crippen LogP contribution is 2.35. The van der Waals surface area contributed by atoms with Crippen LogP contribution >= 0.6 is 11.3 Å². The molecule has 0 aliphatic rings. The van der Waals surface area contributed by atoms with Crippen LogP contribution < -0.4 is 36.3 Å². The molecule has 3 rings (SSSR count). The van der Waals surface area contributed by atoms with E-state index in [9.17, 15) is 4.79 Å². The fourth-order valence-electron chi connectivity index (χ4n) is 4.91. The van der Waals surface area contributed by atoms with Crippen molar-refractivity contribution >= 4 is 22.9 Å². The summed E-state index contributed by atoms with van der Waals surface area (Å²) in [7, 11) is 1.63. The lowest BCUT2D eigenvalue weighted by atomic mass is 10.0. The molecule has 1 amide bonds. The molecule has 0 aliphatic heterocycles. The average Bonchev–Trinajstić information content (AvgIpc) is 3.49. The first kappa shape index (κ1) is 34.8. The number of ether oxygens (including phenoxy) is 2. The molecule has 1 aromatic heterocycles. The Morgan fingerprint density at radius 1 is 0.829 bits per heavy atom. The molecule has 0 saturated carbocycles. The van der Waals surface area contributed by atoms with Crippen LogP contribution in [-0.4, -0.2) is 19.6 Å². The van der Waals surface area contributed by atoms with Crippen molar-refractivity contribution in [3.63, 3.8) is 0 Å². The summed E-state index contributed by atoms with van der Waals surface area (Å²) in [6, 6.07) is 13.3. The van der Waals surface area contributed by atoms with E-state index in [-0.39, 0.29) is 22.9 Å². The fraction of sp³-hybridized carbons (Fsp3) is 0.529. The highest BCUT2D eigenvalue weighted by atomic mass is 79.9. The quantitative estimate of drug-likeness (QED) is 0.111. The number of nitrogens with one attached hydrogen (secondary N) is 1. The molecule has 1 N–H and O–H groups in total. The van der Waals surface area contributed by atoms with Gasteiger partial charge in [0.15, 0.2) is 24.2 Å². The number of carbonyl (C=O) groups excluding carboxylic acids is 1. The van der Waals surface area contributed by atoms with E-state index in [0.717, 1.165) is 24.9 Å². The van der Waals surface area contributed by atoms with Crippen LogP contribution in [-0.2, 0) is 6.54 Å². The van der Waals surface area contributed by atoms with E-state index in [1.165, 1.54) is 77.0 Å². The van der Waals surface area contributed by atoms with Crippen molar-refractivity contribution in [1.82, 2.24) is 0 Å². The molecule has 0 bridgehead atoms. The number of anilines is 1. The van der Waals surface area contributed by atoms with Gasteiger partial charge in [0.05, 0.1) is 24.8 Å². The van der Waals surface area contributed by atoms with Gasteiger partial charge in [0.1, 0.15) is 0 Å². The van der Waals surface area contributed by atoms with Gasteiger partial charge in [-0.05, 0) is 30.7 Å². The number of benzene rings is 2. The van der Waals surface area contributed by atoms with Gasteiger partial charge in [-0.2, -0.15) is 4.57 Å². The van der Waals surface area contributed by atoms with E-state index in [4.69, 9.17) is 9.47 Å². The molecule has 0 unspecified atom stereocenters. The first-order valence-electron chi connectivity index (χ1n) is 15.3. The molecule has 1 heterocycles. The summed E-state index contributed by atoms with van der Waals surface area (Å²) in [5, 5.41) is 5.07. The predicted molar refractivity (Wildman–Crippen MR) is 167 cm³/mol. The van der Waals surface area contributed by atoms with Crippen molar-refractivity contribution in [3.8, 4) is 11.5 Å². The zero-order valence-corrected chi connectivity index (χ0v) is 27.4. The number of unbranched alkanes of at least 4 members (excludes halogenated alkanes) is 13. The van der Waals surface area contributed by atoms with Crippen LogP contribution in [0.3, 0.4) is 0 Å². The molecule has 7 heteroatoms. The Hall–Kier alpha value is -2.38. The summed E-state index contributed by atoms with van der Waals surface area (Å²) in [6.45, 7) is 3.68. The monoisotopic (exact) mass is 644 g/mol. The molecule has 0 saturated heterocycles. The lowest BCUT2D eigenvalue weighted by Gasteiger charge is -2.16. The van der Waals surface area contributed by atoms with Crippen molar-refractivity contribution in [2.75, 3.05) is 19.0 Å². The van der Waals surface area contributed by atoms with Gasteiger partial charge in [-0.15, -0.1) is 0 Å². The summed E-state index contributed by atoms with van der Waals surface area (Å²) in [5.41, 5.74) is 4.47. The Morgan fingerprint density at radius 2 is 1.44 bits per heavy atom. The van der Waals surface area contributed by atoms with Crippen LogP contribution in [0.15, 0.2) is 59.6 Å². The van der Waals surface area contributed by atoms with Crippen LogP contribution in [0.5, 0.6) is 11.5 Å². The molecular formula is C34H49BrN2O3S. The standard InChI is InChI=1S/C34H48N2O3S.BrH/c1-3-4-5-6-7-8-9-10-11-12-13-14-15-16-25-39-33-31(18-17-19-32(33)38-2)35-34(37)30-22-20-29(21-23-30)27-36-24-26-40-28-36;/h17-24,26,28H,3-16,25,27H2,1-2H3;1H. The van der Waals surface area contributed by atoms with E-state index in [1.807, 2.05) is 48.7 Å². The van der Waals surface area contributed by atoms with Crippen LogP contribution in [0.2, 0.25) is 0 Å². The number of amides is 1. The SMILES string of the molecule is CCCCCCCCCCCCCCCCOc1c(NC(=O)c2ccc(C[n+]3ccsc3)cc2)cccc1OC.[Br-]. The predicted octanol–water partition coefficient (Wildman–Crippen LogP) is 6.21. The van der Waals surface area contributed by atoms with E-state index in [2.05, 4.69) is 27.7 Å². The molecule has 2 aromatic carbocycles. The van der Waals surface area contributed by atoms with Crippen molar-refractivity contribution < 1.29 is 35.8 Å². The summed E-state index contributed by atoms with van der Waals surface area (Å²) in [6.07, 6.45) is 20.6. The molecule has 0 radical (unpaired) electrons. The molecule has 41 heavy (non-hydrogen) atoms. The van der Waals surface area contributed by atoms with Crippen LogP contribution in [0.4, 0.5) is 5.69 Å². The largest absolute Gasteiger partial charge is 1.00 e. The van der Waals surface area contributed by atoms with Crippen LogP contribution in [0, 0.1) is 0 Å². The zero-order valence-electron chi connectivity index (χ0n) is 25.0. The third-order valence-electron chi connectivity index (χ3n) is 7.30. The number of halogens is 1. The Morgan fingerprint density at radius 3 is 2.00 bits per heavy atom. The van der Waals surface area contributed by atoms with Gasteiger partial charge in [-0.1, -0.05) is 120 Å². The van der Waals surface area contributed by atoms with Crippen molar-refractivity contribution in [2.24, 2.45) is 0 Å². The maximum atomic E-state index is 13.0. The van der Waals surface area contributed by atoms with Crippen LogP contribution in [0.25, 0.3) is 0 Å². The van der Waals surface area contributed by atoms with Crippen molar-refractivity contribution in [1.29, 1.82) is 0 Å². The molecule has 0 aliphatic carbocycles. The maximum absolute atomic E-state index is 13.0. The van der Waals surface area contributed by atoms with Gasteiger partial charge < -0.3 is 31.8 Å². The molecule has 0 spiro atoms. The number of aromatic nitrogens is 1. The summed E-state index contributed by atoms with van der Waals surface area (Å²) in [4.78, 5) is 13.0. The van der Waals surface area contributed by atoms with Gasteiger partial charge in [-0.3, -0.25) is 4.79 Å². The molecule has 0 atom stereocenters. The smallest absolute Gasteiger partial charge is 0.255 e. The number of carbonyl (C=O) groups is 1. The van der Waals surface area contributed by atoms with Gasteiger partial charge in [0.25, 0.3) is 5.91 Å². The average molecular weight is 646 g/mol. The van der Waals surface area contributed by atoms with Gasteiger partial charge in [0, 0.05) is 11.1 Å². The maximum Gasteiger partial charge on any atom is 0.255 e. The number of para-hydroxylation sites is 1. The normalized spacial score (nSPS) is 10.7. The van der Waals surface area contributed by atoms with Crippen LogP contribution in [0.1, 0.15) is 113 Å². The third kappa shape index (κ3) is 13.4. The molecule has 226 valence electrons. The fourth-order valence-corrected chi connectivity index (χ4v) is 5.51. The summed E-state index contributed by atoms with van der Waals surface area (Å²) >= 11 is 1.66. The minimum absolute atomic E-state index is 0. The number of methoxy groups -OCH3 is 1. The van der Waals surface area contributed by atoms with E-state index in [1.54, 1.807) is 18.4 Å². The molecule has 0 fully saturated rings. The summed E-state index contributed by atoms with van der Waals surface area (Å²) < 4.78 is 13.8. The van der Waals surface area contributed by atoms with Gasteiger partial charge >= 0.3 is 0 Å². The minimum atomic E-state index is -0.163. The Kier molecular flexibility index (Phi) is 18.1. The highest BCUT2D eigenvalue weighted by molar-refractivity contribution is 7.07. The third-order valence-corrected chi connectivity index (χ3v) is 7.97. The lowest BCUT2D eigenvalue weighted by Crippen LogP contribution is -3.00. The van der Waals surface area contributed by atoms with E-state index in [0.29, 0.717) is 29.4 Å².